The van der Waals surface area contributed by atoms with E-state index in [-0.39, 0.29) is 17.7 Å². The van der Waals surface area contributed by atoms with Crippen LogP contribution in [0.4, 0.5) is 18.9 Å². The first-order chi connectivity index (χ1) is 9.85. The molecule has 21 heavy (non-hydrogen) atoms. The first-order valence-corrected chi connectivity index (χ1v) is 6.22. The van der Waals surface area contributed by atoms with Crippen molar-refractivity contribution in [3.63, 3.8) is 0 Å². The standard InChI is InChI=1S/C15H14F3NO2/c16-15(17,18)21-11-6-7-13(19)12(9-11)14(20)8-10-4-2-1-3-5-10/h1-7,9,14,20H,8,19H2. The van der Waals surface area contributed by atoms with Crippen LogP contribution in [0.1, 0.15) is 17.2 Å². The molecule has 0 aliphatic heterocycles. The van der Waals surface area contributed by atoms with Gasteiger partial charge in [-0.15, -0.1) is 13.2 Å². The summed E-state index contributed by atoms with van der Waals surface area (Å²) in [5.41, 5.74) is 6.99. The van der Waals surface area contributed by atoms with Crippen LogP contribution >= 0.6 is 0 Å². The summed E-state index contributed by atoms with van der Waals surface area (Å²) >= 11 is 0. The first-order valence-electron chi connectivity index (χ1n) is 6.22. The fraction of sp³-hybridized carbons (Fsp3) is 0.200. The van der Waals surface area contributed by atoms with Crippen molar-refractivity contribution in [3.05, 3.63) is 59.7 Å². The summed E-state index contributed by atoms with van der Waals surface area (Å²) in [5, 5.41) is 10.2. The van der Waals surface area contributed by atoms with Crippen LogP contribution in [0.15, 0.2) is 48.5 Å². The second-order valence-electron chi connectivity index (χ2n) is 4.54. The number of hydrogen-bond acceptors (Lipinski definition) is 3. The second-order valence-corrected chi connectivity index (χ2v) is 4.54. The van der Waals surface area contributed by atoms with Gasteiger partial charge in [-0.3, -0.25) is 0 Å². The van der Waals surface area contributed by atoms with Gasteiger partial charge in [-0.1, -0.05) is 30.3 Å². The van der Waals surface area contributed by atoms with Gasteiger partial charge in [0.1, 0.15) is 5.75 Å². The summed E-state index contributed by atoms with van der Waals surface area (Å²) in [7, 11) is 0. The highest BCUT2D eigenvalue weighted by atomic mass is 19.4. The van der Waals surface area contributed by atoms with Crippen molar-refractivity contribution in [2.45, 2.75) is 18.9 Å². The Morgan fingerprint density at radius 3 is 2.38 bits per heavy atom. The number of aliphatic hydroxyl groups is 1. The fourth-order valence-corrected chi connectivity index (χ4v) is 1.99. The zero-order valence-electron chi connectivity index (χ0n) is 11.0. The van der Waals surface area contributed by atoms with Gasteiger partial charge >= 0.3 is 6.36 Å². The molecule has 2 aromatic rings. The molecule has 0 spiro atoms. The van der Waals surface area contributed by atoms with Crippen LogP contribution in [0, 0.1) is 0 Å². The van der Waals surface area contributed by atoms with E-state index in [9.17, 15) is 18.3 Å². The van der Waals surface area contributed by atoms with Crippen LogP contribution in [0.5, 0.6) is 5.75 Å². The van der Waals surface area contributed by atoms with Crippen LogP contribution in [0.3, 0.4) is 0 Å². The maximum absolute atomic E-state index is 12.2. The lowest BCUT2D eigenvalue weighted by Gasteiger charge is -2.16. The van der Waals surface area contributed by atoms with Crippen LogP contribution in [-0.4, -0.2) is 11.5 Å². The molecule has 0 bridgehead atoms. The van der Waals surface area contributed by atoms with Crippen molar-refractivity contribution in [3.8, 4) is 5.75 Å². The Bertz CT molecular complexity index is 600. The molecule has 0 amide bonds. The minimum absolute atomic E-state index is 0.209. The highest BCUT2D eigenvalue weighted by molar-refractivity contribution is 5.52. The summed E-state index contributed by atoms with van der Waals surface area (Å²) in [5.74, 6) is -0.404. The smallest absolute Gasteiger partial charge is 0.406 e. The van der Waals surface area contributed by atoms with Gasteiger partial charge in [0.2, 0.25) is 0 Å². The Hall–Kier alpha value is -2.21. The number of anilines is 1. The van der Waals surface area contributed by atoms with Gasteiger partial charge in [-0.2, -0.15) is 0 Å². The maximum atomic E-state index is 12.2. The molecule has 2 aromatic carbocycles. The number of nitrogens with two attached hydrogens (primary N) is 1. The minimum Gasteiger partial charge on any atom is -0.406 e. The molecule has 1 atom stereocenters. The van der Waals surface area contributed by atoms with Crippen LogP contribution in [0.2, 0.25) is 0 Å². The SMILES string of the molecule is Nc1ccc(OC(F)(F)F)cc1C(O)Cc1ccccc1. The number of hydrogen-bond donors (Lipinski definition) is 2. The van der Waals surface area contributed by atoms with E-state index in [1.165, 1.54) is 6.07 Å². The normalized spacial score (nSPS) is 13.0. The number of nitrogen functional groups attached to an aromatic ring is 1. The van der Waals surface area contributed by atoms with E-state index in [1.54, 1.807) is 0 Å². The van der Waals surface area contributed by atoms with Crippen molar-refractivity contribution in [1.82, 2.24) is 0 Å². The van der Waals surface area contributed by atoms with Crippen molar-refractivity contribution < 1.29 is 23.0 Å². The maximum Gasteiger partial charge on any atom is 0.573 e. The number of benzene rings is 2. The first kappa shape index (κ1) is 15.2. The lowest BCUT2D eigenvalue weighted by atomic mass is 10.00. The average Bonchev–Trinajstić information content (AvgIpc) is 2.40. The molecular formula is C15H14F3NO2. The molecule has 0 fully saturated rings. The van der Waals surface area contributed by atoms with E-state index in [0.717, 1.165) is 17.7 Å². The average molecular weight is 297 g/mol. The van der Waals surface area contributed by atoms with E-state index < -0.39 is 18.2 Å². The van der Waals surface area contributed by atoms with Gasteiger partial charge in [0.05, 0.1) is 6.10 Å². The quantitative estimate of drug-likeness (QED) is 0.850. The molecule has 6 heteroatoms. The topological polar surface area (TPSA) is 55.5 Å². The Balaban J connectivity index is 2.20. The highest BCUT2D eigenvalue weighted by Gasteiger charge is 2.31. The Morgan fingerprint density at radius 2 is 1.76 bits per heavy atom. The van der Waals surface area contributed by atoms with Crippen LogP contribution < -0.4 is 10.5 Å². The number of rotatable bonds is 4. The molecule has 0 heterocycles. The summed E-state index contributed by atoms with van der Waals surface area (Å²) in [4.78, 5) is 0. The van der Waals surface area contributed by atoms with E-state index >= 15 is 0 Å². The van der Waals surface area contributed by atoms with Crippen LogP contribution in [-0.2, 0) is 6.42 Å². The molecule has 1 unspecified atom stereocenters. The number of aliphatic hydroxyl groups excluding tert-OH is 1. The zero-order chi connectivity index (χ0) is 15.5. The monoisotopic (exact) mass is 297 g/mol. The molecule has 0 aliphatic carbocycles. The largest absolute Gasteiger partial charge is 0.573 e. The number of halogens is 3. The Kier molecular flexibility index (Phi) is 4.37. The lowest BCUT2D eigenvalue weighted by Crippen LogP contribution is -2.17. The van der Waals surface area contributed by atoms with Gasteiger partial charge in [0, 0.05) is 17.7 Å². The summed E-state index contributed by atoms with van der Waals surface area (Å²) < 4.78 is 40.4. The van der Waals surface area contributed by atoms with Gasteiger partial charge < -0.3 is 15.6 Å². The summed E-state index contributed by atoms with van der Waals surface area (Å²) in [6.07, 6.45) is -5.54. The fourth-order valence-electron chi connectivity index (χ4n) is 1.99. The molecule has 3 N–H and O–H groups in total. The molecule has 0 saturated heterocycles. The summed E-state index contributed by atoms with van der Waals surface area (Å²) in [6, 6.07) is 12.6. The zero-order valence-corrected chi connectivity index (χ0v) is 11.0. The van der Waals surface area contributed by atoms with E-state index in [1.807, 2.05) is 30.3 Å². The predicted molar refractivity (Wildman–Crippen MR) is 72.6 cm³/mol. The summed E-state index contributed by atoms with van der Waals surface area (Å²) in [6.45, 7) is 0. The molecule has 0 saturated carbocycles. The van der Waals surface area contributed by atoms with E-state index in [2.05, 4.69) is 4.74 Å². The Labute approximate surface area is 119 Å². The third-order valence-corrected chi connectivity index (χ3v) is 2.92. The van der Waals surface area contributed by atoms with Crippen molar-refractivity contribution in [2.24, 2.45) is 0 Å². The number of ether oxygens (including phenoxy) is 1. The van der Waals surface area contributed by atoms with Crippen molar-refractivity contribution in [1.29, 1.82) is 0 Å². The predicted octanol–water partition coefficient (Wildman–Crippen LogP) is 3.44. The molecule has 112 valence electrons. The molecular weight excluding hydrogens is 283 g/mol. The molecule has 0 aromatic heterocycles. The lowest BCUT2D eigenvalue weighted by molar-refractivity contribution is -0.274. The van der Waals surface area contributed by atoms with Crippen LogP contribution in [0.25, 0.3) is 0 Å². The third kappa shape index (κ3) is 4.39. The van der Waals surface area contributed by atoms with Gasteiger partial charge in [0.15, 0.2) is 0 Å². The molecule has 3 nitrogen and oxygen atoms in total. The van der Waals surface area contributed by atoms with E-state index in [0.29, 0.717) is 0 Å². The third-order valence-electron chi connectivity index (χ3n) is 2.92. The van der Waals surface area contributed by atoms with Gasteiger partial charge in [-0.25, -0.2) is 0 Å². The molecule has 2 rings (SSSR count). The minimum atomic E-state index is -4.78. The highest BCUT2D eigenvalue weighted by Crippen LogP contribution is 2.30. The van der Waals surface area contributed by atoms with Gasteiger partial charge in [0.25, 0.3) is 0 Å². The van der Waals surface area contributed by atoms with E-state index in [4.69, 9.17) is 5.73 Å². The van der Waals surface area contributed by atoms with Crippen molar-refractivity contribution >= 4 is 5.69 Å². The van der Waals surface area contributed by atoms with Crippen molar-refractivity contribution in [2.75, 3.05) is 5.73 Å². The number of alkyl halides is 3. The molecule has 0 radical (unpaired) electrons. The van der Waals surface area contributed by atoms with Gasteiger partial charge in [-0.05, 0) is 23.8 Å². The second kappa shape index (κ2) is 6.05. The Morgan fingerprint density at radius 1 is 1.10 bits per heavy atom. The molecule has 0 aliphatic rings.